The van der Waals surface area contributed by atoms with Gasteiger partial charge in [0, 0.05) is 18.2 Å². The Morgan fingerprint density at radius 3 is 2.60 bits per heavy atom. The van der Waals surface area contributed by atoms with Crippen LogP contribution >= 0.6 is 11.6 Å². The number of nitrogens with one attached hydrogen (secondary N) is 1. The number of nitrogens with zero attached hydrogens (tertiary/aromatic N) is 1. The van der Waals surface area contributed by atoms with Crippen molar-refractivity contribution in [1.82, 2.24) is 0 Å². The van der Waals surface area contributed by atoms with Crippen LogP contribution in [0.25, 0.3) is 0 Å². The first-order chi connectivity index (χ1) is 9.52. The summed E-state index contributed by atoms with van der Waals surface area (Å²) in [5, 5.41) is 11.2. The summed E-state index contributed by atoms with van der Waals surface area (Å²) in [6.45, 7) is -0.0797. The van der Waals surface area contributed by atoms with E-state index in [4.69, 9.17) is 16.9 Å². The molecule has 0 aliphatic carbocycles. The largest absolute Gasteiger partial charge is 0.377 e. The zero-order valence-corrected chi connectivity index (χ0v) is 10.8. The van der Waals surface area contributed by atoms with Crippen LogP contribution < -0.4 is 5.32 Å². The van der Waals surface area contributed by atoms with Gasteiger partial charge < -0.3 is 5.32 Å². The Morgan fingerprint density at radius 2 is 1.95 bits per heavy atom. The molecule has 20 heavy (non-hydrogen) atoms. The number of nitriles is 1. The minimum atomic E-state index is -0.869. The predicted molar refractivity (Wildman–Crippen MR) is 69.8 cm³/mol. The second-order valence-corrected chi connectivity index (χ2v) is 4.40. The van der Waals surface area contributed by atoms with E-state index >= 15 is 0 Å². The summed E-state index contributed by atoms with van der Waals surface area (Å²) in [6.07, 6.45) is 0. The lowest BCUT2D eigenvalue weighted by Gasteiger charge is -2.10. The SMILES string of the molecule is N#Cc1cccc(CNc2c(F)cc(F)cc2Cl)c1F. The molecule has 0 aromatic heterocycles. The smallest absolute Gasteiger partial charge is 0.150 e. The molecular weight excluding hydrogens is 289 g/mol. The van der Waals surface area contributed by atoms with Gasteiger partial charge in [-0.05, 0) is 12.1 Å². The summed E-state index contributed by atoms with van der Waals surface area (Å²) in [7, 11) is 0. The second kappa shape index (κ2) is 5.85. The highest BCUT2D eigenvalue weighted by atomic mass is 35.5. The molecule has 0 aliphatic heterocycles. The lowest BCUT2D eigenvalue weighted by molar-refractivity contribution is 0.584. The topological polar surface area (TPSA) is 35.8 Å². The molecule has 2 aromatic rings. The third-order valence-electron chi connectivity index (χ3n) is 2.66. The van der Waals surface area contributed by atoms with E-state index in [1.165, 1.54) is 18.2 Å². The van der Waals surface area contributed by atoms with Crippen LogP contribution in [0.4, 0.5) is 18.9 Å². The van der Waals surface area contributed by atoms with Gasteiger partial charge in [-0.3, -0.25) is 0 Å². The molecule has 0 amide bonds. The van der Waals surface area contributed by atoms with Crippen molar-refractivity contribution in [2.24, 2.45) is 0 Å². The van der Waals surface area contributed by atoms with Crippen LogP contribution in [-0.4, -0.2) is 0 Å². The van der Waals surface area contributed by atoms with Crippen molar-refractivity contribution in [3.63, 3.8) is 0 Å². The zero-order valence-electron chi connectivity index (χ0n) is 10.1. The Kier molecular flexibility index (Phi) is 4.16. The molecule has 0 unspecified atom stereocenters. The van der Waals surface area contributed by atoms with E-state index in [9.17, 15) is 13.2 Å². The molecule has 6 heteroatoms. The van der Waals surface area contributed by atoms with Gasteiger partial charge in [0.05, 0.1) is 16.3 Å². The highest BCUT2D eigenvalue weighted by Gasteiger charge is 2.12. The van der Waals surface area contributed by atoms with Gasteiger partial charge in [0.15, 0.2) is 5.82 Å². The first-order valence-corrected chi connectivity index (χ1v) is 5.96. The monoisotopic (exact) mass is 296 g/mol. The number of hydrogen-bond acceptors (Lipinski definition) is 2. The van der Waals surface area contributed by atoms with Crippen molar-refractivity contribution >= 4 is 17.3 Å². The van der Waals surface area contributed by atoms with E-state index in [0.717, 1.165) is 6.07 Å². The molecule has 0 saturated heterocycles. The molecule has 0 heterocycles. The van der Waals surface area contributed by atoms with E-state index in [0.29, 0.717) is 6.07 Å². The van der Waals surface area contributed by atoms with Crippen molar-refractivity contribution in [1.29, 1.82) is 5.26 Å². The van der Waals surface area contributed by atoms with Gasteiger partial charge in [-0.1, -0.05) is 23.7 Å². The van der Waals surface area contributed by atoms with Crippen LogP contribution in [0, 0.1) is 28.8 Å². The Morgan fingerprint density at radius 1 is 1.20 bits per heavy atom. The van der Waals surface area contributed by atoms with Gasteiger partial charge in [0.1, 0.15) is 17.7 Å². The summed E-state index contributed by atoms with van der Waals surface area (Å²) >= 11 is 5.71. The minimum absolute atomic E-state index is 0.0797. The van der Waals surface area contributed by atoms with Crippen molar-refractivity contribution in [2.45, 2.75) is 6.54 Å². The van der Waals surface area contributed by atoms with E-state index in [-0.39, 0.29) is 28.4 Å². The van der Waals surface area contributed by atoms with Gasteiger partial charge in [0.25, 0.3) is 0 Å². The maximum Gasteiger partial charge on any atom is 0.150 e. The van der Waals surface area contributed by atoms with Gasteiger partial charge in [-0.25, -0.2) is 13.2 Å². The quantitative estimate of drug-likeness (QED) is 0.919. The number of hydrogen-bond donors (Lipinski definition) is 1. The fourth-order valence-electron chi connectivity index (χ4n) is 1.70. The van der Waals surface area contributed by atoms with E-state index in [2.05, 4.69) is 5.32 Å². The maximum atomic E-state index is 13.8. The average Bonchev–Trinajstić information content (AvgIpc) is 2.39. The Labute approximate surface area is 118 Å². The van der Waals surface area contributed by atoms with Crippen LogP contribution in [0.5, 0.6) is 0 Å². The van der Waals surface area contributed by atoms with Crippen molar-refractivity contribution in [3.05, 3.63) is 63.9 Å². The second-order valence-electron chi connectivity index (χ2n) is 3.99. The molecule has 0 aliphatic rings. The molecule has 0 fully saturated rings. The van der Waals surface area contributed by atoms with Gasteiger partial charge in [0.2, 0.25) is 0 Å². The molecule has 2 nitrogen and oxygen atoms in total. The van der Waals surface area contributed by atoms with Crippen LogP contribution in [0.2, 0.25) is 5.02 Å². The number of anilines is 1. The molecule has 0 saturated carbocycles. The van der Waals surface area contributed by atoms with Crippen molar-refractivity contribution < 1.29 is 13.2 Å². The highest BCUT2D eigenvalue weighted by Crippen LogP contribution is 2.27. The molecule has 0 radical (unpaired) electrons. The lowest BCUT2D eigenvalue weighted by Crippen LogP contribution is -2.05. The van der Waals surface area contributed by atoms with Gasteiger partial charge in [-0.2, -0.15) is 5.26 Å². The van der Waals surface area contributed by atoms with Crippen LogP contribution in [-0.2, 0) is 6.54 Å². The molecular formula is C14H8ClF3N2. The number of rotatable bonds is 3. The summed E-state index contributed by atoms with van der Waals surface area (Å²) in [4.78, 5) is 0. The Balaban J connectivity index is 2.24. The third-order valence-corrected chi connectivity index (χ3v) is 2.96. The van der Waals surface area contributed by atoms with Crippen LogP contribution in [0.3, 0.4) is 0 Å². The summed E-state index contributed by atoms with van der Waals surface area (Å²) in [5.74, 6) is -2.34. The van der Waals surface area contributed by atoms with Gasteiger partial charge >= 0.3 is 0 Å². The third kappa shape index (κ3) is 2.86. The molecule has 102 valence electrons. The minimum Gasteiger partial charge on any atom is -0.377 e. The maximum absolute atomic E-state index is 13.8. The van der Waals surface area contributed by atoms with E-state index in [1.54, 1.807) is 6.07 Å². The molecule has 2 rings (SSSR count). The standard InChI is InChI=1S/C14H8ClF3N2/c15-11-4-10(16)5-12(17)14(11)20-7-9-3-1-2-8(6-19)13(9)18/h1-5,20H,7H2. The first kappa shape index (κ1) is 14.2. The van der Waals surface area contributed by atoms with Gasteiger partial charge in [-0.15, -0.1) is 0 Å². The molecule has 0 atom stereocenters. The highest BCUT2D eigenvalue weighted by molar-refractivity contribution is 6.33. The van der Waals surface area contributed by atoms with Crippen molar-refractivity contribution in [3.8, 4) is 6.07 Å². The molecule has 2 aromatic carbocycles. The number of benzene rings is 2. The number of halogens is 4. The normalized spacial score (nSPS) is 10.2. The van der Waals surface area contributed by atoms with Crippen LogP contribution in [0.1, 0.15) is 11.1 Å². The Hall–Kier alpha value is -2.19. The molecule has 0 spiro atoms. The molecule has 1 N–H and O–H groups in total. The van der Waals surface area contributed by atoms with Crippen molar-refractivity contribution in [2.75, 3.05) is 5.32 Å². The Bertz CT molecular complexity index is 672. The fraction of sp³-hybridized carbons (Fsp3) is 0.0714. The summed E-state index contributed by atoms with van der Waals surface area (Å²) in [6, 6.07) is 7.65. The summed E-state index contributed by atoms with van der Waals surface area (Å²) < 4.78 is 40.2. The lowest BCUT2D eigenvalue weighted by atomic mass is 10.1. The average molecular weight is 297 g/mol. The van der Waals surface area contributed by atoms with E-state index < -0.39 is 17.5 Å². The first-order valence-electron chi connectivity index (χ1n) is 5.59. The molecule has 0 bridgehead atoms. The fourth-order valence-corrected chi connectivity index (χ4v) is 1.96. The van der Waals surface area contributed by atoms with Crippen LogP contribution in [0.15, 0.2) is 30.3 Å². The zero-order chi connectivity index (χ0) is 14.7. The van der Waals surface area contributed by atoms with E-state index in [1.807, 2.05) is 0 Å². The predicted octanol–water partition coefficient (Wildman–Crippen LogP) is 4.24. The summed E-state index contributed by atoms with van der Waals surface area (Å²) in [5.41, 5.74) is -0.0337.